The van der Waals surface area contributed by atoms with Crippen molar-refractivity contribution in [3.05, 3.63) is 108 Å². The Balaban J connectivity index is 1.39. The second kappa shape index (κ2) is 11.2. The molecule has 0 bridgehead atoms. The van der Waals surface area contributed by atoms with E-state index in [1.54, 1.807) is 0 Å². The maximum Gasteiger partial charge on any atom is 0.228 e. The molecule has 3 aromatic carbocycles. The van der Waals surface area contributed by atoms with E-state index in [4.69, 9.17) is 18.9 Å². The van der Waals surface area contributed by atoms with Crippen LogP contribution in [0.15, 0.2) is 91.0 Å². The molecule has 4 atom stereocenters. The molecular weight excluding hydrogens is 395 g/mol. The van der Waals surface area contributed by atoms with E-state index in [0.29, 0.717) is 13.2 Å². The third kappa shape index (κ3) is 6.21. The monoisotopic (exact) mass is 422 g/mol. The van der Waals surface area contributed by atoms with E-state index in [9.17, 15) is 4.39 Å². The molecule has 0 N–H and O–H groups in total. The van der Waals surface area contributed by atoms with E-state index in [1.807, 2.05) is 91.0 Å². The third-order valence-corrected chi connectivity index (χ3v) is 5.22. The van der Waals surface area contributed by atoms with Crippen LogP contribution < -0.4 is 0 Å². The third-order valence-electron chi connectivity index (χ3n) is 5.22. The van der Waals surface area contributed by atoms with Gasteiger partial charge in [-0.3, -0.25) is 0 Å². The summed E-state index contributed by atoms with van der Waals surface area (Å²) in [4.78, 5) is 0. The molecule has 5 heteroatoms. The molecule has 162 valence electrons. The van der Waals surface area contributed by atoms with Crippen LogP contribution in [0.25, 0.3) is 0 Å². The lowest BCUT2D eigenvalue weighted by molar-refractivity contribution is -0.110. The fourth-order valence-corrected chi connectivity index (χ4v) is 3.59. The highest BCUT2D eigenvalue weighted by Crippen LogP contribution is 2.29. The van der Waals surface area contributed by atoms with Gasteiger partial charge in [0.15, 0.2) is 0 Å². The van der Waals surface area contributed by atoms with E-state index in [1.165, 1.54) is 0 Å². The van der Waals surface area contributed by atoms with Crippen LogP contribution in [0.1, 0.15) is 16.7 Å². The smallest absolute Gasteiger partial charge is 0.228 e. The zero-order valence-electron chi connectivity index (χ0n) is 17.3. The van der Waals surface area contributed by atoms with Crippen LogP contribution in [0.3, 0.4) is 0 Å². The number of ether oxygens (including phenoxy) is 4. The van der Waals surface area contributed by atoms with E-state index in [-0.39, 0.29) is 13.2 Å². The minimum absolute atomic E-state index is 0.222. The molecule has 4 nitrogen and oxygen atoms in total. The average molecular weight is 422 g/mol. The maximum absolute atomic E-state index is 14.8. The predicted octanol–water partition coefficient (Wildman–Crippen LogP) is 5.07. The van der Waals surface area contributed by atoms with Gasteiger partial charge >= 0.3 is 0 Å². The summed E-state index contributed by atoms with van der Waals surface area (Å²) in [5.74, 6) is 0. The topological polar surface area (TPSA) is 36.9 Å². The summed E-state index contributed by atoms with van der Waals surface area (Å²) < 4.78 is 38.2. The van der Waals surface area contributed by atoms with Crippen molar-refractivity contribution in [3.63, 3.8) is 0 Å². The molecule has 4 rings (SSSR count). The Kier molecular flexibility index (Phi) is 7.80. The van der Waals surface area contributed by atoms with Gasteiger partial charge in [-0.25, -0.2) is 4.39 Å². The lowest BCUT2D eigenvalue weighted by atomic mass is 10.1. The number of alkyl halides is 1. The first-order valence-corrected chi connectivity index (χ1v) is 10.5. The molecule has 1 fully saturated rings. The number of halogens is 1. The number of hydrogen-bond donors (Lipinski definition) is 0. The van der Waals surface area contributed by atoms with E-state index in [2.05, 4.69) is 0 Å². The van der Waals surface area contributed by atoms with Crippen molar-refractivity contribution < 1.29 is 23.3 Å². The first-order chi connectivity index (χ1) is 15.3. The Labute approximate surface area is 182 Å². The Morgan fingerprint density at radius 1 is 0.613 bits per heavy atom. The first kappa shape index (κ1) is 21.7. The zero-order chi connectivity index (χ0) is 21.3. The highest BCUT2D eigenvalue weighted by atomic mass is 19.1. The Hall–Kier alpha value is -2.57. The van der Waals surface area contributed by atoms with Crippen LogP contribution in [-0.2, 0) is 38.8 Å². The summed E-state index contributed by atoms with van der Waals surface area (Å²) in [6.07, 6.45) is -3.53. The molecule has 0 amide bonds. The van der Waals surface area contributed by atoms with Crippen LogP contribution in [0.5, 0.6) is 0 Å². The van der Waals surface area contributed by atoms with Crippen molar-refractivity contribution in [2.45, 2.75) is 44.5 Å². The van der Waals surface area contributed by atoms with Gasteiger partial charge in [0.2, 0.25) is 6.36 Å². The molecule has 31 heavy (non-hydrogen) atoms. The summed E-state index contributed by atoms with van der Waals surface area (Å²) in [6.45, 7) is 1.29. The van der Waals surface area contributed by atoms with Gasteiger partial charge in [0.1, 0.15) is 18.3 Å². The fraction of sp³-hybridized carbons (Fsp3) is 0.308. The SMILES string of the molecule is FC1O[C@H](COCc2ccccc2)[C@@H](OCc2ccccc2)[C@H]1OCc1ccccc1. The molecule has 0 aliphatic carbocycles. The summed E-state index contributed by atoms with van der Waals surface area (Å²) in [5, 5.41) is 0. The molecule has 3 aromatic rings. The highest BCUT2D eigenvalue weighted by molar-refractivity contribution is 5.15. The van der Waals surface area contributed by atoms with Crippen molar-refractivity contribution in [2.24, 2.45) is 0 Å². The lowest BCUT2D eigenvalue weighted by Gasteiger charge is -2.23. The molecule has 0 radical (unpaired) electrons. The van der Waals surface area contributed by atoms with Gasteiger partial charge < -0.3 is 18.9 Å². The molecule has 1 saturated heterocycles. The molecule has 1 heterocycles. The molecule has 0 spiro atoms. The van der Waals surface area contributed by atoms with Crippen LogP contribution in [0.4, 0.5) is 4.39 Å². The Morgan fingerprint density at radius 2 is 1.06 bits per heavy atom. The van der Waals surface area contributed by atoms with Crippen molar-refractivity contribution in [1.82, 2.24) is 0 Å². The molecule has 1 aliphatic rings. The van der Waals surface area contributed by atoms with Gasteiger partial charge in [-0.15, -0.1) is 0 Å². The van der Waals surface area contributed by atoms with Gasteiger partial charge in [0.05, 0.1) is 26.4 Å². The second-order valence-corrected chi connectivity index (χ2v) is 7.55. The summed E-state index contributed by atoms with van der Waals surface area (Å²) in [5.41, 5.74) is 3.03. The molecule has 1 aliphatic heterocycles. The summed E-state index contributed by atoms with van der Waals surface area (Å²) >= 11 is 0. The van der Waals surface area contributed by atoms with Gasteiger partial charge in [-0.05, 0) is 16.7 Å². The molecule has 1 unspecified atom stereocenters. The van der Waals surface area contributed by atoms with Crippen molar-refractivity contribution >= 4 is 0 Å². The number of benzene rings is 3. The van der Waals surface area contributed by atoms with Gasteiger partial charge in [-0.2, -0.15) is 0 Å². The summed E-state index contributed by atoms with van der Waals surface area (Å²) in [7, 11) is 0. The standard InChI is InChI=1S/C26H27FO4/c27-26-25(30-18-22-14-8-3-9-15-22)24(29-17-21-12-6-2-7-13-21)23(31-26)19-28-16-20-10-4-1-5-11-20/h1-15,23-26H,16-19H2/t23-,24-,25-,26?/m1/s1. The van der Waals surface area contributed by atoms with Crippen molar-refractivity contribution in [1.29, 1.82) is 0 Å². The average Bonchev–Trinajstić information content (AvgIpc) is 3.12. The Bertz CT molecular complexity index is 891. The van der Waals surface area contributed by atoms with Crippen molar-refractivity contribution in [2.75, 3.05) is 6.61 Å². The van der Waals surface area contributed by atoms with Gasteiger partial charge in [0, 0.05) is 0 Å². The second-order valence-electron chi connectivity index (χ2n) is 7.55. The molecular formula is C26H27FO4. The number of hydrogen-bond acceptors (Lipinski definition) is 4. The Morgan fingerprint density at radius 3 is 1.58 bits per heavy atom. The van der Waals surface area contributed by atoms with Crippen LogP contribution in [0.2, 0.25) is 0 Å². The quantitative estimate of drug-likeness (QED) is 0.457. The lowest BCUT2D eigenvalue weighted by Crippen LogP contribution is -2.38. The fourth-order valence-electron chi connectivity index (χ4n) is 3.59. The van der Waals surface area contributed by atoms with Crippen LogP contribution >= 0.6 is 0 Å². The highest BCUT2D eigenvalue weighted by Gasteiger charge is 2.47. The largest absolute Gasteiger partial charge is 0.374 e. The zero-order valence-corrected chi connectivity index (χ0v) is 17.3. The molecule has 0 saturated carbocycles. The predicted molar refractivity (Wildman–Crippen MR) is 116 cm³/mol. The number of rotatable bonds is 10. The van der Waals surface area contributed by atoms with Gasteiger partial charge in [-0.1, -0.05) is 91.0 Å². The normalized spacial score (nSPS) is 23.1. The van der Waals surface area contributed by atoms with Crippen LogP contribution in [0, 0.1) is 0 Å². The first-order valence-electron chi connectivity index (χ1n) is 10.5. The van der Waals surface area contributed by atoms with E-state index in [0.717, 1.165) is 16.7 Å². The van der Waals surface area contributed by atoms with E-state index < -0.39 is 24.7 Å². The maximum atomic E-state index is 14.8. The van der Waals surface area contributed by atoms with Gasteiger partial charge in [0.25, 0.3) is 0 Å². The summed E-state index contributed by atoms with van der Waals surface area (Å²) in [6, 6.07) is 29.4. The minimum Gasteiger partial charge on any atom is -0.374 e. The minimum atomic E-state index is -1.57. The van der Waals surface area contributed by atoms with Crippen molar-refractivity contribution in [3.8, 4) is 0 Å². The van der Waals surface area contributed by atoms with Crippen LogP contribution in [-0.4, -0.2) is 31.3 Å². The molecule has 0 aromatic heterocycles. The van der Waals surface area contributed by atoms with E-state index >= 15 is 0 Å².